The largest absolute Gasteiger partial charge is 0.346 e. The monoisotopic (exact) mass is 346 g/mol. The molecule has 1 saturated carbocycles. The molecule has 0 aliphatic heterocycles. The van der Waals surface area contributed by atoms with E-state index in [4.69, 9.17) is 0 Å². The molecule has 26 heavy (non-hydrogen) atoms. The number of nitrogens with one attached hydrogen (secondary N) is 1. The number of benzene rings is 2. The molecule has 2 aromatic carbocycles. The second-order valence-electron chi connectivity index (χ2n) is 7.95. The third kappa shape index (κ3) is 3.14. The van der Waals surface area contributed by atoms with Crippen molar-refractivity contribution in [3.8, 4) is 0 Å². The van der Waals surface area contributed by atoms with Gasteiger partial charge in [-0.3, -0.25) is 4.79 Å². The summed E-state index contributed by atoms with van der Waals surface area (Å²) in [6.07, 6.45) is 5.98. The summed E-state index contributed by atoms with van der Waals surface area (Å²) in [5.74, 6) is 0.741. The number of para-hydroxylation sites is 1. The zero-order chi connectivity index (χ0) is 18.1. The smallest absolute Gasteiger partial charge is 0.254 e. The van der Waals surface area contributed by atoms with Crippen LogP contribution in [-0.4, -0.2) is 10.5 Å². The highest BCUT2D eigenvalue weighted by Crippen LogP contribution is 2.31. The summed E-state index contributed by atoms with van der Waals surface area (Å²) in [5.41, 5.74) is 2.60. The van der Waals surface area contributed by atoms with Crippen LogP contribution in [0.3, 0.4) is 0 Å². The molecule has 3 heteroatoms. The molecule has 0 spiro atoms. The number of hydrogen-bond acceptors (Lipinski definition) is 1. The summed E-state index contributed by atoms with van der Waals surface area (Å²) < 4.78 is 2.27. The van der Waals surface area contributed by atoms with E-state index in [9.17, 15) is 4.79 Å². The van der Waals surface area contributed by atoms with Crippen molar-refractivity contribution in [3.63, 3.8) is 0 Å². The summed E-state index contributed by atoms with van der Waals surface area (Å²) in [6, 6.07) is 18.4. The molecule has 1 aliphatic carbocycles. The fourth-order valence-electron chi connectivity index (χ4n) is 3.81. The summed E-state index contributed by atoms with van der Waals surface area (Å²) in [6.45, 7) is 5.11. The Morgan fingerprint density at radius 1 is 1.08 bits per heavy atom. The fraction of sp³-hybridized carbons (Fsp3) is 0.348. The van der Waals surface area contributed by atoms with Gasteiger partial charge in [-0.15, -0.1) is 0 Å². The van der Waals surface area contributed by atoms with Gasteiger partial charge in [-0.05, 0) is 44.2 Å². The van der Waals surface area contributed by atoms with Crippen molar-refractivity contribution in [2.24, 2.45) is 5.92 Å². The molecule has 3 aromatic rings. The molecule has 1 heterocycles. The number of carbonyl (C=O) groups excluding carboxylic acids is 1. The van der Waals surface area contributed by atoms with E-state index in [2.05, 4.69) is 40.2 Å². The number of hydrogen-bond donors (Lipinski definition) is 1. The molecule has 3 nitrogen and oxygen atoms in total. The van der Waals surface area contributed by atoms with Gasteiger partial charge in [0.2, 0.25) is 0 Å². The Kier molecular flexibility index (Phi) is 4.31. The molecule has 1 N–H and O–H groups in total. The third-order valence-electron chi connectivity index (χ3n) is 5.63. The number of rotatable bonds is 5. The Labute approximate surface area is 155 Å². The van der Waals surface area contributed by atoms with Crippen LogP contribution >= 0.6 is 0 Å². The maximum Gasteiger partial charge on any atom is 0.254 e. The second kappa shape index (κ2) is 6.64. The van der Waals surface area contributed by atoms with E-state index in [1.807, 2.05) is 44.3 Å². The molecule has 0 unspecified atom stereocenters. The lowest BCUT2D eigenvalue weighted by Crippen LogP contribution is -2.40. The Morgan fingerprint density at radius 3 is 2.46 bits per heavy atom. The van der Waals surface area contributed by atoms with Gasteiger partial charge in [0.1, 0.15) is 0 Å². The molecule has 0 saturated heterocycles. The minimum Gasteiger partial charge on any atom is -0.346 e. The molecular weight excluding hydrogens is 320 g/mol. The Balaban J connectivity index is 1.64. The van der Waals surface area contributed by atoms with E-state index in [0.717, 1.165) is 34.5 Å². The summed E-state index contributed by atoms with van der Waals surface area (Å²) in [4.78, 5) is 13.1. The predicted octanol–water partition coefficient (Wildman–Crippen LogP) is 5.11. The fourth-order valence-corrected chi connectivity index (χ4v) is 3.81. The number of nitrogens with zero attached hydrogens (tertiary/aromatic N) is 1. The first-order valence-electron chi connectivity index (χ1n) is 9.50. The number of amides is 1. The molecule has 134 valence electrons. The average molecular weight is 346 g/mol. The summed E-state index contributed by atoms with van der Waals surface area (Å²) in [5, 5.41) is 4.26. The predicted molar refractivity (Wildman–Crippen MR) is 106 cm³/mol. The van der Waals surface area contributed by atoms with E-state index in [1.54, 1.807) is 0 Å². The molecule has 0 radical (unpaired) electrons. The number of fused-ring (bicyclic) bond motifs is 1. The molecule has 4 rings (SSSR count). The first-order chi connectivity index (χ1) is 12.5. The third-order valence-corrected chi connectivity index (χ3v) is 5.63. The first kappa shape index (κ1) is 16.9. The quantitative estimate of drug-likeness (QED) is 0.684. The van der Waals surface area contributed by atoms with Crippen LogP contribution < -0.4 is 5.32 Å². The van der Waals surface area contributed by atoms with Crippen LogP contribution in [0.15, 0.2) is 60.8 Å². The van der Waals surface area contributed by atoms with Gasteiger partial charge >= 0.3 is 0 Å². The van der Waals surface area contributed by atoms with Crippen molar-refractivity contribution < 1.29 is 4.79 Å². The van der Waals surface area contributed by atoms with Gasteiger partial charge in [0.25, 0.3) is 5.91 Å². The van der Waals surface area contributed by atoms with Gasteiger partial charge in [-0.2, -0.15) is 0 Å². The molecule has 1 fully saturated rings. The highest BCUT2D eigenvalue weighted by Gasteiger charge is 2.26. The standard InChI is InChI=1S/C23H26N2O/c1-23(2,18-11-4-3-5-12-18)24-22(26)20-16-25(15-17-9-8-10-17)21-14-7-6-13-19(20)21/h3-7,11-14,16-17H,8-10,15H2,1-2H3,(H,24,26). The molecule has 0 atom stereocenters. The number of aromatic nitrogens is 1. The summed E-state index contributed by atoms with van der Waals surface area (Å²) in [7, 11) is 0. The zero-order valence-corrected chi connectivity index (χ0v) is 15.5. The molecular formula is C23H26N2O. The van der Waals surface area contributed by atoms with E-state index in [-0.39, 0.29) is 5.91 Å². The number of carbonyl (C=O) groups is 1. The van der Waals surface area contributed by atoms with Crippen LogP contribution in [0.25, 0.3) is 10.9 Å². The topological polar surface area (TPSA) is 34.0 Å². The van der Waals surface area contributed by atoms with Crippen molar-refractivity contribution >= 4 is 16.8 Å². The minimum absolute atomic E-state index is 0.0117. The molecule has 0 bridgehead atoms. The average Bonchev–Trinajstić information content (AvgIpc) is 2.97. The van der Waals surface area contributed by atoms with E-state index >= 15 is 0 Å². The maximum atomic E-state index is 13.1. The highest BCUT2D eigenvalue weighted by atomic mass is 16.1. The van der Waals surface area contributed by atoms with Gasteiger partial charge in [0.05, 0.1) is 11.1 Å². The SMILES string of the molecule is CC(C)(NC(=O)c1cn(CC2CCC2)c2ccccc12)c1ccccc1. The van der Waals surface area contributed by atoms with E-state index in [1.165, 1.54) is 19.3 Å². The van der Waals surface area contributed by atoms with Gasteiger partial charge in [-0.25, -0.2) is 0 Å². The van der Waals surface area contributed by atoms with Crippen LogP contribution in [-0.2, 0) is 12.1 Å². The maximum absolute atomic E-state index is 13.1. The van der Waals surface area contributed by atoms with E-state index in [0.29, 0.717) is 0 Å². The van der Waals surface area contributed by atoms with Crippen molar-refractivity contribution in [2.45, 2.75) is 45.2 Å². The van der Waals surface area contributed by atoms with Crippen LogP contribution in [0.4, 0.5) is 0 Å². The van der Waals surface area contributed by atoms with E-state index < -0.39 is 5.54 Å². The van der Waals surface area contributed by atoms with Gasteiger partial charge < -0.3 is 9.88 Å². The van der Waals surface area contributed by atoms with Gasteiger partial charge in [-0.1, -0.05) is 55.0 Å². The Hall–Kier alpha value is -2.55. The molecule has 1 amide bonds. The Bertz CT molecular complexity index is 920. The zero-order valence-electron chi connectivity index (χ0n) is 15.5. The van der Waals surface area contributed by atoms with Crippen molar-refractivity contribution in [2.75, 3.05) is 0 Å². The first-order valence-corrected chi connectivity index (χ1v) is 9.50. The summed E-state index contributed by atoms with van der Waals surface area (Å²) >= 11 is 0. The molecule has 1 aromatic heterocycles. The lowest BCUT2D eigenvalue weighted by atomic mass is 9.85. The minimum atomic E-state index is -0.421. The highest BCUT2D eigenvalue weighted by molar-refractivity contribution is 6.07. The van der Waals surface area contributed by atoms with Crippen LogP contribution in [0, 0.1) is 5.92 Å². The van der Waals surface area contributed by atoms with Gasteiger partial charge in [0.15, 0.2) is 0 Å². The van der Waals surface area contributed by atoms with Gasteiger partial charge in [0, 0.05) is 23.6 Å². The van der Waals surface area contributed by atoms with Crippen molar-refractivity contribution in [1.29, 1.82) is 0 Å². The lowest BCUT2D eigenvalue weighted by Gasteiger charge is -2.27. The van der Waals surface area contributed by atoms with Crippen LogP contribution in [0.2, 0.25) is 0 Å². The Morgan fingerprint density at radius 2 is 1.77 bits per heavy atom. The second-order valence-corrected chi connectivity index (χ2v) is 7.95. The van der Waals surface area contributed by atoms with Crippen molar-refractivity contribution in [1.82, 2.24) is 9.88 Å². The van der Waals surface area contributed by atoms with Crippen molar-refractivity contribution in [3.05, 3.63) is 71.9 Å². The molecule has 1 aliphatic rings. The van der Waals surface area contributed by atoms with Crippen LogP contribution in [0.1, 0.15) is 49.0 Å². The lowest BCUT2D eigenvalue weighted by molar-refractivity contribution is 0.0913. The normalized spacial score (nSPS) is 15.0. The van der Waals surface area contributed by atoms with Crippen LogP contribution in [0.5, 0.6) is 0 Å².